The molecule has 31 heavy (non-hydrogen) atoms. The van der Waals surface area contributed by atoms with Gasteiger partial charge in [0.1, 0.15) is 22.2 Å². The topological polar surface area (TPSA) is 101 Å². The van der Waals surface area contributed by atoms with E-state index in [1.54, 1.807) is 0 Å². The lowest BCUT2D eigenvalue weighted by Gasteiger charge is -2.36. The van der Waals surface area contributed by atoms with Crippen molar-refractivity contribution in [3.63, 3.8) is 0 Å². The third-order valence-electron chi connectivity index (χ3n) is 4.67. The quantitative estimate of drug-likeness (QED) is 0.442. The van der Waals surface area contributed by atoms with Crippen molar-refractivity contribution in [1.82, 2.24) is 0 Å². The molecule has 1 heterocycles. The lowest BCUT2D eigenvalue weighted by molar-refractivity contribution is -0.384. The van der Waals surface area contributed by atoms with Gasteiger partial charge in [0.2, 0.25) is 0 Å². The molecule has 0 radical (unpaired) electrons. The summed E-state index contributed by atoms with van der Waals surface area (Å²) in [5.74, 6) is -2.03. The SMILES string of the molecule is O=C1N(Cc2cccc([N+](=O)[O-])c2)c2ccccc2S(=O)(=O)N1c1cc(F)ccc1F. The van der Waals surface area contributed by atoms with Crippen LogP contribution in [0.2, 0.25) is 0 Å². The van der Waals surface area contributed by atoms with Crippen LogP contribution in [0.3, 0.4) is 0 Å². The highest BCUT2D eigenvalue weighted by Gasteiger charge is 2.43. The van der Waals surface area contributed by atoms with E-state index in [-0.39, 0.29) is 27.1 Å². The van der Waals surface area contributed by atoms with E-state index in [0.29, 0.717) is 11.6 Å². The number of hydrogen-bond acceptors (Lipinski definition) is 5. The molecule has 158 valence electrons. The smallest absolute Gasteiger partial charge is 0.287 e. The van der Waals surface area contributed by atoms with Crippen LogP contribution in [0.25, 0.3) is 0 Å². The zero-order valence-corrected chi connectivity index (χ0v) is 16.4. The molecule has 3 aromatic rings. The molecule has 1 aliphatic heterocycles. The summed E-state index contributed by atoms with van der Waals surface area (Å²) in [5, 5.41) is 11.1. The molecule has 0 saturated carbocycles. The summed E-state index contributed by atoms with van der Waals surface area (Å²) in [6.45, 7) is -0.236. The number of sulfonamides is 1. The van der Waals surface area contributed by atoms with Crippen LogP contribution in [0, 0.1) is 21.7 Å². The molecule has 1 aliphatic rings. The number of halogens is 2. The molecule has 0 N–H and O–H groups in total. The van der Waals surface area contributed by atoms with Gasteiger partial charge in [-0.1, -0.05) is 24.3 Å². The molecule has 4 rings (SSSR count). The molecular weight excluding hydrogens is 432 g/mol. The van der Waals surface area contributed by atoms with Gasteiger partial charge in [-0.15, -0.1) is 0 Å². The Morgan fingerprint density at radius 2 is 1.68 bits per heavy atom. The summed E-state index contributed by atoms with van der Waals surface area (Å²) in [6, 6.07) is 12.0. The first kappa shape index (κ1) is 20.4. The van der Waals surface area contributed by atoms with Crippen LogP contribution in [-0.2, 0) is 16.6 Å². The summed E-state index contributed by atoms with van der Waals surface area (Å²) in [7, 11) is -4.54. The summed E-state index contributed by atoms with van der Waals surface area (Å²) >= 11 is 0. The summed E-state index contributed by atoms with van der Waals surface area (Å²) in [5.41, 5.74) is -0.608. The van der Waals surface area contributed by atoms with Gasteiger partial charge in [0.25, 0.3) is 15.7 Å². The van der Waals surface area contributed by atoms with Gasteiger partial charge in [-0.25, -0.2) is 22.0 Å². The van der Waals surface area contributed by atoms with Gasteiger partial charge in [-0.2, -0.15) is 4.31 Å². The Bertz CT molecular complexity index is 1330. The number of para-hydroxylation sites is 1. The number of urea groups is 1. The second kappa shape index (κ2) is 7.43. The number of hydrogen-bond donors (Lipinski definition) is 0. The second-order valence-electron chi connectivity index (χ2n) is 6.63. The van der Waals surface area contributed by atoms with Crippen molar-refractivity contribution < 1.29 is 26.9 Å². The van der Waals surface area contributed by atoms with Gasteiger partial charge in [-0.05, 0) is 29.8 Å². The number of fused-ring (bicyclic) bond motifs is 1. The van der Waals surface area contributed by atoms with E-state index in [1.807, 2.05) is 0 Å². The Morgan fingerprint density at radius 3 is 2.42 bits per heavy atom. The van der Waals surface area contributed by atoms with Crippen molar-refractivity contribution in [1.29, 1.82) is 0 Å². The number of nitro benzene ring substituents is 1. The molecule has 3 aromatic carbocycles. The molecule has 0 spiro atoms. The highest BCUT2D eigenvalue weighted by Crippen LogP contribution is 2.39. The fraction of sp³-hybridized carbons (Fsp3) is 0.0500. The van der Waals surface area contributed by atoms with Crippen LogP contribution in [-0.4, -0.2) is 19.4 Å². The van der Waals surface area contributed by atoms with Crippen LogP contribution >= 0.6 is 0 Å². The van der Waals surface area contributed by atoms with Gasteiger partial charge in [-0.3, -0.25) is 15.0 Å². The molecule has 11 heteroatoms. The predicted molar refractivity (Wildman–Crippen MR) is 107 cm³/mol. The van der Waals surface area contributed by atoms with Crippen LogP contribution in [0.1, 0.15) is 5.56 Å². The van der Waals surface area contributed by atoms with Gasteiger partial charge in [0, 0.05) is 18.2 Å². The zero-order chi connectivity index (χ0) is 22.3. The first-order valence-electron chi connectivity index (χ1n) is 8.84. The number of anilines is 2. The van der Waals surface area contributed by atoms with Crippen molar-refractivity contribution in [2.24, 2.45) is 0 Å². The predicted octanol–water partition coefficient (Wildman–Crippen LogP) is 4.21. The largest absolute Gasteiger partial charge is 0.343 e. The summed E-state index contributed by atoms with van der Waals surface area (Å²) in [4.78, 5) is 24.5. The lowest BCUT2D eigenvalue weighted by atomic mass is 10.1. The van der Waals surface area contributed by atoms with Crippen LogP contribution in [0.5, 0.6) is 0 Å². The number of rotatable bonds is 4. The van der Waals surface area contributed by atoms with E-state index in [1.165, 1.54) is 48.5 Å². The molecule has 0 bridgehead atoms. The van der Waals surface area contributed by atoms with Gasteiger partial charge in [0.15, 0.2) is 0 Å². The molecule has 0 aliphatic carbocycles. The third-order valence-corrected chi connectivity index (χ3v) is 6.40. The van der Waals surface area contributed by atoms with Crippen LogP contribution < -0.4 is 9.21 Å². The fourth-order valence-corrected chi connectivity index (χ4v) is 4.88. The highest BCUT2D eigenvalue weighted by molar-refractivity contribution is 7.94. The zero-order valence-electron chi connectivity index (χ0n) is 15.6. The third kappa shape index (κ3) is 3.48. The molecule has 2 amide bonds. The Balaban J connectivity index is 1.88. The minimum absolute atomic E-state index is 0.0204. The molecule has 8 nitrogen and oxygen atoms in total. The van der Waals surface area contributed by atoms with Crippen molar-refractivity contribution in [2.75, 3.05) is 9.21 Å². The molecule has 0 atom stereocenters. The van der Waals surface area contributed by atoms with Crippen molar-refractivity contribution in [3.8, 4) is 0 Å². The number of benzene rings is 3. The van der Waals surface area contributed by atoms with Crippen LogP contribution in [0.15, 0.2) is 71.6 Å². The van der Waals surface area contributed by atoms with Crippen molar-refractivity contribution in [2.45, 2.75) is 11.4 Å². The monoisotopic (exact) mass is 445 g/mol. The molecular formula is C20H13F2N3O5S. The Labute approximate surface area is 175 Å². The maximum absolute atomic E-state index is 14.4. The first-order chi connectivity index (χ1) is 14.7. The maximum atomic E-state index is 14.4. The number of carbonyl (C=O) groups is 1. The van der Waals surface area contributed by atoms with Gasteiger partial charge < -0.3 is 0 Å². The van der Waals surface area contributed by atoms with Gasteiger partial charge >= 0.3 is 6.03 Å². The van der Waals surface area contributed by atoms with E-state index < -0.39 is 38.3 Å². The Morgan fingerprint density at radius 1 is 0.935 bits per heavy atom. The first-order valence-corrected chi connectivity index (χ1v) is 10.3. The maximum Gasteiger partial charge on any atom is 0.343 e. The number of nitrogens with zero attached hydrogens (tertiary/aromatic N) is 3. The lowest BCUT2D eigenvalue weighted by Crippen LogP contribution is -2.51. The standard InChI is InChI=1S/C20H13F2N3O5S/c21-14-8-9-16(22)18(11-14)24-20(26)23(12-13-4-3-5-15(10-13)25(27)28)17-6-1-2-7-19(17)31(24,29)30/h1-11H,12H2. The van der Waals surface area contributed by atoms with Crippen LogP contribution in [0.4, 0.5) is 30.6 Å². The van der Waals surface area contributed by atoms with Gasteiger partial charge in [0.05, 0.1) is 17.2 Å². The normalized spacial score (nSPS) is 15.0. The van der Waals surface area contributed by atoms with Crippen molar-refractivity contribution >= 4 is 33.1 Å². The van der Waals surface area contributed by atoms with E-state index in [2.05, 4.69) is 0 Å². The van der Waals surface area contributed by atoms with E-state index in [4.69, 9.17) is 0 Å². The number of non-ortho nitro benzene ring substituents is 1. The summed E-state index contributed by atoms with van der Waals surface area (Å²) < 4.78 is 54.6. The van der Waals surface area contributed by atoms with Crippen molar-refractivity contribution in [3.05, 3.63) is 94.0 Å². The minimum atomic E-state index is -4.54. The highest BCUT2D eigenvalue weighted by atomic mass is 32.2. The molecule has 0 unspecified atom stereocenters. The number of amides is 2. The Kier molecular flexibility index (Phi) is 4.90. The molecule has 0 fully saturated rings. The van der Waals surface area contributed by atoms with E-state index >= 15 is 0 Å². The van der Waals surface area contributed by atoms with E-state index in [9.17, 15) is 32.1 Å². The minimum Gasteiger partial charge on any atom is -0.287 e. The fourth-order valence-electron chi connectivity index (χ4n) is 3.29. The molecule has 0 saturated heterocycles. The average molecular weight is 445 g/mol. The Hall–Kier alpha value is -3.86. The molecule has 0 aromatic heterocycles. The summed E-state index contributed by atoms with van der Waals surface area (Å²) in [6.07, 6.45) is 0. The average Bonchev–Trinajstić information content (AvgIpc) is 2.74. The second-order valence-corrected chi connectivity index (χ2v) is 8.38. The number of carbonyl (C=O) groups excluding carboxylic acids is 1. The van der Waals surface area contributed by atoms with E-state index in [0.717, 1.165) is 17.0 Å². The number of nitro groups is 1.